The minimum Gasteiger partial charge on any atom is -0.497 e. The zero-order valence-electron chi connectivity index (χ0n) is 17.4. The van der Waals surface area contributed by atoms with Crippen molar-refractivity contribution < 1.29 is 14.3 Å². The van der Waals surface area contributed by atoms with Crippen molar-refractivity contribution in [3.05, 3.63) is 48.2 Å². The van der Waals surface area contributed by atoms with E-state index < -0.39 is 0 Å². The molecule has 166 valence electrons. The molecule has 0 bridgehead atoms. The van der Waals surface area contributed by atoms with E-state index in [0.29, 0.717) is 36.4 Å². The standard InChI is InChI=1S/C22H29N3O3.2ClH/c1-16(17-6-4-10-23-14-17)12-21(26)25-15-18-7-5-11-24-22(18)28-20-9-3-8-19(13-20)27-2;;/h3,5,7-9,11,13,16-17,23H,4,6,10,12,14-15H2,1-2H3,(H,25,26);2*1H. The van der Waals surface area contributed by atoms with Crippen LogP contribution in [0.1, 0.15) is 31.7 Å². The number of rotatable bonds is 8. The Hall–Kier alpha value is -2.02. The summed E-state index contributed by atoms with van der Waals surface area (Å²) in [5.41, 5.74) is 0.839. The molecule has 1 fully saturated rings. The number of nitrogens with zero attached hydrogens (tertiary/aromatic N) is 1. The van der Waals surface area contributed by atoms with Crippen LogP contribution >= 0.6 is 24.8 Å². The van der Waals surface area contributed by atoms with Gasteiger partial charge in [0.1, 0.15) is 11.5 Å². The molecule has 1 aromatic heterocycles. The maximum atomic E-state index is 12.4. The fraction of sp³-hybridized carbons (Fsp3) is 0.455. The number of ether oxygens (including phenoxy) is 2. The van der Waals surface area contributed by atoms with E-state index in [-0.39, 0.29) is 30.7 Å². The van der Waals surface area contributed by atoms with Crippen molar-refractivity contribution in [2.75, 3.05) is 20.2 Å². The van der Waals surface area contributed by atoms with Crippen molar-refractivity contribution >= 4 is 30.7 Å². The maximum absolute atomic E-state index is 12.4. The van der Waals surface area contributed by atoms with Gasteiger partial charge in [0.2, 0.25) is 11.8 Å². The van der Waals surface area contributed by atoms with E-state index in [1.54, 1.807) is 19.4 Å². The second kappa shape index (κ2) is 13.3. The van der Waals surface area contributed by atoms with Gasteiger partial charge in [-0.3, -0.25) is 4.79 Å². The molecule has 3 rings (SSSR count). The summed E-state index contributed by atoms with van der Waals surface area (Å²) in [5, 5.41) is 6.43. The number of piperidine rings is 1. The van der Waals surface area contributed by atoms with Gasteiger partial charge in [-0.05, 0) is 56.0 Å². The number of halogens is 2. The number of hydrogen-bond donors (Lipinski definition) is 2. The van der Waals surface area contributed by atoms with E-state index in [9.17, 15) is 4.79 Å². The van der Waals surface area contributed by atoms with E-state index >= 15 is 0 Å². The van der Waals surface area contributed by atoms with Crippen LogP contribution in [0.25, 0.3) is 0 Å². The summed E-state index contributed by atoms with van der Waals surface area (Å²) in [6.45, 7) is 4.66. The van der Waals surface area contributed by atoms with Crippen LogP contribution in [0.5, 0.6) is 17.4 Å². The van der Waals surface area contributed by atoms with Gasteiger partial charge >= 0.3 is 0 Å². The second-order valence-electron chi connectivity index (χ2n) is 7.31. The summed E-state index contributed by atoms with van der Waals surface area (Å²) in [6.07, 6.45) is 4.61. The molecular formula is C22H31Cl2N3O3. The smallest absolute Gasteiger partial charge is 0.224 e. The van der Waals surface area contributed by atoms with Crippen molar-refractivity contribution in [1.29, 1.82) is 0 Å². The Morgan fingerprint density at radius 3 is 2.80 bits per heavy atom. The molecule has 1 aromatic carbocycles. The van der Waals surface area contributed by atoms with Gasteiger partial charge in [0, 0.05) is 30.8 Å². The van der Waals surface area contributed by atoms with Gasteiger partial charge in [-0.1, -0.05) is 19.1 Å². The number of amides is 1. The molecule has 1 amide bonds. The molecule has 2 atom stereocenters. The maximum Gasteiger partial charge on any atom is 0.224 e. The van der Waals surface area contributed by atoms with Crippen molar-refractivity contribution in [1.82, 2.24) is 15.6 Å². The first-order chi connectivity index (χ1) is 13.7. The Labute approximate surface area is 191 Å². The predicted octanol–water partition coefficient (Wildman–Crippen LogP) is 4.37. The summed E-state index contributed by atoms with van der Waals surface area (Å²) in [6, 6.07) is 11.1. The highest BCUT2D eigenvalue weighted by Gasteiger charge is 2.22. The molecule has 6 nitrogen and oxygen atoms in total. The van der Waals surface area contributed by atoms with Gasteiger partial charge in [-0.25, -0.2) is 4.98 Å². The Morgan fingerprint density at radius 1 is 1.27 bits per heavy atom. The highest BCUT2D eigenvalue weighted by molar-refractivity contribution is 5.85. The lowest BCUT2D eigenvalue weighted by Crippen LogP contribution is -2.35. The van der Waals surface area contributed by atoms with E-state index in [1.165, 1.54) is 12.8 Å². The van der Waals surface area contributed by atoms with Crippen LogP contribution in [0.15, 0.2) is 42.6 Å². The van der Waals surface area contributed by atoms with E-state index in [4.69, 9.17) is 9.47 Å². The number of nitrogens with one attached hydrogen (secondary N) is 2. The molecule has 0 aliphatic carbocycles. The first kappa shape index (κ1) is 26.0. The zero-order chi connectivity index (χ0) is 19.8. The monoisotopic (exact) mass is 455 g/mol. The molecule has 0 saturated carbocycles. The van der Waals surface area contributed by atoms with Gasteiger partial charge in [-0.15, -0.1) is 24.8 Å². The van der Waals surface area contributed by atoms with E-state index in [1.807, 2.05) is 30.3 Å². The molecule has 2 aromatic rings. The van der Waals surface area contributed by atoms with Gasteiger partial charge in [-0.2, -0.15) is 0 Å². The molecule has 8 heteroatoms. The van der Waals surface area contributed by atoms with Crippen LogP contribution in [0, 0.1) is 11.8 Å². The van der Waals surface area contributed by atoms with Crippen molar-refractivity contribution in [3.8, 4) is 17.4 Å². The Balaban J connectivity index is 0.00000225. The fourth-order valence-electron chi connectivity index (χ4n) is 3.52. The van der Waals surface area contributed by atoms with Crippen LogP contribution in [-0.4, -0.2) is 31.1 Å². The van der Waals surface area contributed by atoms with Crippen LogP contribution < -0.4 is 20.1 Å². The van der Waals surface area contributed by atoms with Crippen LogP contribution in [-0.2, 0) is 11.3 Å². The van der Waals surface area contributed by atoms with E-state index in [0.717, 1.165) is 24.4 Å². The Bertz CT molecular complexity index is 786. The van der Waals surface area contributed by atoms with Crippen LogP contribution in [0.4, 0.5) is 0 Å². The van der Waals surface area contributed by atoms with Crippen LogP contribution in [0.2, 0.25) is 0 Å². The normalized spacial score (nSPS) is 16.4. The third-order valence-electron chi connectivity index (χ3n) is 5.23. The SMILES string of the molecule is COc1cccc(Oc2ncccc2CNC(=O)CC(C)C2CCCNC2)c1.Cl.Cl. The summed E-state index contributed by atoms with van der Waals surface area (Å²) in [5.74, 6) is 2.85. The number of aromatic nitrogens is 1. The summed E-state index contributed by atoms with van der Waals surface area (Å²) >= 11 is 0. The summed E-state index contributed by atoms with van der Waals surface area (Å²) in [7, 11) is 1.62. The topological polar surface area (TPSA) is 72.5 Å². The average molecular weight is 456 g/mol. The minimum atomic E-state index is 0. The summed E-state index contributed by atoms with van der Waals surface area (Å²) in [4.78, 5) is 16.7. The third kappa shape index (κ3) is 7.67. The molecule has 30 heavy (non-hydrogen) atoms. The van der Waals surface area contributed by atoms with Gasteiger partial charge in [0.15, 0.2) is 0 Å². The van der Waals surface area contributed by atoms with Gasteiger partial charge in [0.25, 0.3) is 0 Å². The zero-order valence-corrected chi connectivity index (χ0v) is 19.1. The van der Waals surface area contributed by atoms with Crippen molar-refractivity contribution in [2.45, 2.75) is 32.7 Å². The van der Waals surface area contributed by atoms with Gasteiger partial charge < -0.3 is 20.1 Å². The van der Waals surface area contributed by atoms with Gasteiger partial charge in [0.05, 0.1) is 7.11 Å². The molecule has 0 spiro atoms. The summed E-state index contributed by atoms with van der Waals surface area (Å²) < 4.78 is 11.1. The quantitative estimate of drug-likeness (QED) is 0.618. The molecule has 2 heterocycles. The lowest BCUT2D eigenvalue weighted by molar-refractivity contribution is -0.122. The largest absolute Gasteiger partial charge is 0.497 e. The Kier molecular flexibility index (Phi) is 11.5. The number of pyridine rings is 1. The molecule has 2 unspecified atom stereocenters. The predicted molar refractivity (Wildman–Crippen MR) is 123 cm³/mol. The van der Waals surface area contributed by atoms with Crippen molar-refractivity contribution in [2.24, 2.45) is 11.8 Å². The lowest BCUT2D eigenvalue weighted by atomic mass is 9.85. The number of carbonyl (C=O) groups excluding carboxylic acids is 1. The highest BCUT2D eigenvalue weighted by atomic mass is 35.5. The fourth-order valence-corrected chi connectivity index (χ4v) is 3.52. The third-order valence-corrected chi connectivity index (χ3v) is 5.23. The molecular weight excluding hydrogens is 425 g/mol. The minimum absolute atomic E-state index is 0. The number of benzene rings is 1. The first-order valence-electron chi connectivity index (χ1n) is 9.89. The average Bonchev–Trinajstić information content (AvgIpc) is 2.74. The first-order valence-corrected chi connectivity index (χ1v) is 9.89. The molecule has 1 saturated heterocycles. The molecule has 1 aliphatic heterocycles. The highest BCUT2D eigenvalue weighted by Crippen LogP contribution is 2.26. The number of carbonyl (C=O) groups is 1. The van der Waals surface area contributed by atoms with Crippen LogP contribution in [0.3, 0.4) is 0 Å². The number of hydrogen-bond acceptors (Lipinski definition) is 5. The molecule has 0 radical (unpaired) electrons. The van der Waals surface area contributed by atoms with Crippen molar-refractivity contribution in [3.63, 3.8) is 0 Å². The molecule has 2 N–H and O–H groups in total. The van der Waals surface area contributed by atoms with E-state index in [2.05, 4.69) is 22.5 Å². The second-order valence-corrected chi connectivity index (χ2v) is 7.31. The lowest BCUT2D eigenvalue weighted by Gasteiger charge is -2.28. The number of methoxy groups -OCH3 is 1. The Morgan fingerprint density at radius 2 is 2.07 bits per heavy atom. The molecule has 1 aliphatic rings.